The Morgan fingerprint density at radius 2 is 2.47 bits per heavy atom. The number of thiophene rings is 1. The van der Waals surface area contributed by atoms with Crippen LogP contribution in [0.5, 0.6) is 5.75 Å². The molecule has 3 rings (SSSR count). The number of hydrogen-bond donors (Lipinski definition) is 1. The number of hydrogen-bond acceptors (Lipinski definition) is 5. The first-order valence-electron chi connectivity index (χ1n) is 5.66. The van der Waals surface area contributed by atoms with Crippen LogP contribution in [0.3, 0.4) is 0 Å². The maximum atomic E-state index is 5.48. The predicted octanol–water partition coefficient (Wildman–Crippen LogP) is 2.66. The lowest BCUT2D eigenvalue weighted by molar-refractivity contribution is 0.416. The smallest absolute Gasteiger partial charge is 0.240 e. The summed E-state index contributed by atoms with van der Waals surface area (Å²) in [4.78, 5) is 5.41. The third-order valence-electron chi connectivity index (χ3n) is 2.74. The fourth-order valence-corrected chi connectivity index (χ4v) is 2.43. The predicted molar refractivity (Wildman–Crippen MR) is 66.2 cm³/mol. The molecular formula is C12H14N2O2S. The molecule has 1 aliphatic rings. The van der Waals surface area contributed by atoms with Gasteiger partial charge in [-0.1, -0.05) is 0 Å². The van der Waals surface area contributed by atoms with Crippen molar-refractivity contribution in [3.05, 3.63) is 23.4 Å². The number of oxazole rings is 1. The van der Waals surface area contributed by atoms with Crippen molar-refractivity contribution in [1.29, 1.82) is 0 Å². The molecule has 1 N–H and O–H groups in total. The maximum Gasteiger partial charge on any atom is 0.240 e. The minimum absolute atomic E-state index is 0.643. The van der Waals surface area contributed by atoms with Gasteiger partial charge in [0.2, 0.25) is 5.89 Å². The molecule has 0 atom stereocenters. The summed E-state index contributed by atoms with van der Waals surface area (Å²) in [6, 6.07) is 2.61. The van der Waals surface area contributed by atoms with Gasteiger partial charge in [-0.3, -0.25) is 0 Å². The van der Waals surface area contributed by atoms with E-state index in [2.05, 4.69) is 10.3 Å². The van der Waals surface area contributed by atoms with Crippen LogP contribution in [0.1, 0.15) is 18.5 Å². The summed E-state index contributed by atoms with van der Waals surface area (Å²) in [6.45, 7) is 0.780. The second-order valence-electron chi connectivity index (χ2n) is 4.12. The van der Waals surface area contributed by atoms with E-state index in [-0.39, 0.29) is 0 Å². The SMILES string of the molecule is COc1ccsc1-c1nc(CNC2CC2)co1. The molecule has 4 nitrogen and oxygen atoms in total. The number of rotatable bonds is 5. The topological polar surface area (TPSA) is 47.3 Å². The summed E-state index contributed by atoms with van der Waals surface area (Å²) in [5.41, 5.74) is 0.947. The van der Waals surface area contributed by atoms with Crippen molar-refractivity contribution in [2.75, 3.05) is 7.11 Å². The maximum absolute atomic E-state index is 5.48. The Morgan fingerprint density at radius 3 is 3.24 bits per heavy atom. The summed E-state index contributed by atoms with van der Waals surface area (Å²) in [5.74, 6) is 1.46. The van der Waals surface area contributed by atoms with E-state index in [0.717, 1.165) is 22.9 Å². The van der Waals surface area contributed by atoms with Gasteiger partial charge in [-0.2, -0.15) is 0 Å². The average molecular weight is 250 g/mol. The van der Waals surface area contributed by atoms with Crippen LogP contribution in [-0.2, 0) is 6.54 Å². The molecule has 1 aliphatic carbocycles. The number of aromatic nitrogens is 1. The Bertz CT molecular complexity index is 502. The van der Waals surface area contributed by atoms with Crippen LogP contribution in [0.2, 0.25) is 0 Å². The fraction of sp³-hybridized carbons (Fsp3) is 0.417. The Balaban J connectivity index is 1.74. The van der Waals surface area contributed by atoms with E-state index < -0.39 is 0 Å². The quantitative estimate of drug-likeness (QED) is 0.886. The standard InChI is InChI=1S/C12H14N2O2S/c1-15-10-4-5-17-11(10)12-14-9(7-16-12)6-13-8-2-3-8/h4-5,7-8,13H,2-3,6H2,1H3. The molecule has 0 unspecified atom stereocenters. The molecule has 0 saturated heterocycles. The van der Waals surface area contributed by atoms with Crippen molar-refractivity contribution in [3.63, 3.8) is 0 Å². The van der Waals surface area contributed by atoms with Crippen LogP contribution in [0.4, 0.5) is 0 Å². The second kappa shape index (κ2) is 4.50. The van der Waals surface area contributed by atoms with E-state index in [4.69, 9.17) is 9.15 Å². The third-order valence-corrected chi connectivity index (χ3v) is 3.63. The molecular weight excluding hydrogens is 236 g/mol. The lowest BCUT2D eigenvalue weighted by atomic mass is 10.4. The number of methoxy groups -OCH3 is 1. The zero-order chi connectivity index (χ0) is 11.7. The molecule has 17 heavy (non-hydrogen) atoms. The highest BCUT2D eigenvalue weighted by Gasteiger charge is 2.21. The van der Waals surface area contributed by atoms with Crippen LogP contribution in [0.15, 0.2) is 22.1 Å². The highest BCUT2D eigenvalue weighted by molar-refractivity contribution is 7.13. The average Bonchev–Trinajstić information content (AvgIpc) is 2.89. The van der Waals surface area contributed by atoms with Crippen molar-refractivity contribution >= 4 is 11.3 Å². The van der Waals surface area contributed by atoms with Gasteiger partial charge < -0.3 is 14.5 Å². The lowest BCUT2D eigenvalue weighted by Crippen LogP contribution is -2.15. The van der Waals surface area contributed by atoms with Crippen LogP contribution < -0.4 is 10.1 Å². The molecule has 1 saturated carbocycles. The van der Waals surface area contributed by atoms with Crippen molar-refractivity contribution in [3.8, 4) is 16.5 Å². The van der Waals surface area contributed by atoms with Gasteiger partial charge in [-0.25, -0.2) is 4.98 Å². The van der Waals surface area contributed by atoms with Gasteiger partial charge >= 0.3 is 0 Å². The van der Waals surface area contributed by atoms with Gasteiger partial charge in [0, 0.05) is 12.6 Å². The van der Waals surface area contributed by atoms with E-state index in [1.54, 1.807) is 24.7 Å². The normalized spacial score (nSPS) is 15.1. The van der Waals surface area contributed by atoms with Gasteiger partial charge in [-0.05, 0) is 24.3 Å². The van der Waals surface area contributed by atoms with E-state index in [0.29, 0.717) is 11.9 Å². The largest absolute Gasteiger partial charge is 0.495 e. The summed E-state index contributed by atoms with van der Waals surface area (Å²) in [6.07, 6.45) is 4.27. The first kappa shape index (κ1) is 10.8. The summed E-state index contributed by atoms with van der Waals surface area (Å²) < 4.78 is 10.7. The van der Waals surface area contributed by atoms with E-state index in [1.165, 1.54) is 12.8 Å². The molecule has 5 heteroatoms. The molecule has 2 heterocycles. The van der Waals surface area contributed by atoms with Crippen molar-refractivity contribution < 1.29 is 9.15 Å². The van der Waals surface area contributed by atoms with E-state index >= 15 is 0 Å². The Hall–Kier alpha value is -1.33. The third kappa shape index (κ3) is 2.35. The van der Waals surface area contributed by atoms with Crippen LogP contribution in [0.25, 0.3) is 10.8 Å². The molecule has 1 fully saturated rings. The number of nitrogens with zero attached hydrogens (tertiary/aromatic N) is 1. The molecule has 2 aromatic heterocycles. The van der Waals surface area contributed by atoms with Crippen LogP contribution in [0, 0.1) is 0 Å². The van der Waals surface area contributed by atoms with Crippen LogP contribution in [-0.4, -0.2) is 18.1 Å². The van der Waals surface area contributed by atoms with Crippen molar-refractivity contribution in [2.45, 2.75) is 25.4 Å². The molecule has 0 aromatic carbocycles. The second-order valence-corrected chi connectivity index (χ2v) is 5.03. The molecule has 0 amide bonds. The number of nitrogens with one attached hydrogen (secondary N) is 1. The highest BCUT2D eigenvalue weighted by atomic mass is 32.1. The van der Waals surface area contributed by atoms with Crippen LogP contribution >= 0.6 is 11.3 Å². The first-order chi connectivity index (χ1) is 8.36. The van der Waals surface area contributed by atoms with Crippen molar-refractivity contribution in [1.82, 2.24) is 10.3 Å². The van der Waals surface area contributed by atoms with E-state index in [9.17, 15) is 0 Å². The summed E-state index contributed by atoms with van der Waals surface area (Å²) in [5, 5.41) is 5.38. The monoisotopic (exact) mass is 250 g/mol. The zero-order valence-corrected chi connectivity index (χ0v) is 10.4. The Morgan fingerprint density at radius 1 is 1.59 bits per heavy atom. The molecule has 0 radical (unpaired) electrons. The number of ether oxygens (including phenoxy) is 1. The minimum Gasteiger partial charge on any atom is -0.495 e. The fourth-order valence-electron chi connectivity index (χ4n) is 1.64. The summed E-state index contributed by atoms with van der Waals surface area (Å²) >= 11 is 1.58. The Labute approximate surface area is 104 Å². The van der Waals surface area contributed by atoms with Crippen molar-refractivity contribution in [2.24, 2.45) is 0 Å². The first-order valence-corrected chi connectivity index (χ1v) is 6.54. The molecule has 0 spiro atoms. The minimum atomic E-state index is 0.643. The van der Waals surface area contributed by atoms with Gasteiger partial charge in [0.25, 0.3) is 0 Å². The zero-order valence-electron chi connectivity index (χ0n) is 9.60. The Kier molecular flexibility index (Phi) is 2.86. The van der Waals surface area contributed by atoms with Gasteiger partial charge in [-0.15, -0.1) is 11.3 Å². The van der Waals surface area contributed by atoms with Gasteiger partial charge in [0.15, 0.2) is 0 Å². The lowest BCUT2D eigenvalue weighted by Gasteiger charge is -1.97. The molecule has 90 valence electrons. The molecule has 2 aromatic rings. The molecule has 0 aliphatic heterocycles. The van der Waals surface area contributed by atoms with Gasteiger partial charge in [0.1, 0.15) is 16.9 Å². The molecule has 0 bridgehead atoms. The highest BCUT2D eigenvalue weighted by Crippen LogP contribution is 2.34. The van der Waals surface area contributed by atoms with E-state index in [1.807, 2.05) is 11.4 Å². The summed E-state index contributed by atoms with van der Waals surface area (Å²) in [7, 11) is 1.66. The van der Waals surface area contributed by atoms with Gasteiger partial charge in [0.05, 0.1) is 12.8 Å².